The second-order valence-corrected chi connectivity index (χ2v) is 6.09. The average molecular weight is 322 g/mol. The van der Waals surface area contributed by atoms with Crippen LogP contribution in [-0.2, 0) is 6.42 Å². The number of benzene rings is 1. The number of fused-ring (bicyclic) bond motifs is 1. The van der Waals surface area contributed by atoms with Crippen molar-refractivity contribution in [2.75, 3.05) is 5.32 Å². The lowest BCUT2D eigenvalue weighted by Crippen LogP contribution is -2.12. The van der Waals surface area contributed by atoms with Crippen molar-refractivity contribution < 1.29 is 4.79 Å². The summed E-state index contributed by atoms with van der Waals surface area (Å²) in [6.45, 7) is 6.05. The summed E-state index contributed by atoms with van der Waals surface area (Å²) >= 11 is 0. The van der Waals surface area contributed by atoms with E-state index < -0.39 is 0 Å². The number of nitrogens with zero attached hydrogens (tertiary/aromatic N) is 3. The predicted molar refractivity (Wildman–Crippen MR) is 95.5 cm³/mol. The fraction of sp³-hybridized carbons (Fsp3) is 0.316. The molecule has 0 aliphatic heterocycles. The highest BCUT2D eigenvalue weighted by Gasteiger charge is 2.15. The minimum Gasteiger partial charge on any atom is -0.322 e. The largest absolute Gasteiger partial charge is 0.322 e. The van der Waals surface area contributed by atoms with E-state index in [0.29, 0.717) is 11.2 Å². The van der Waals surface area contributed by atoms with E-state index in [2.05, 4.69) is 34.5 Å². The standard InChI is InChI=1S/C19H22N4O/c1-4-5-6-15-7-9-16(10-8-15)22-19(24)17-12-20-23-14(3)11-13(2)21-18(17)23/h7-12H,4-6H2,1-3H3,(H,22,24). The quantitative estimate of drug-likeness (QED) is 0.774. The van der Waals surface area contributed by atoms with Crippen molar-refractivity contribution >= 4 is 17.2 Å². The molecule has 3 rings (SSSR count). The third-order valence-electron chi connectivity index (χ3n) is 4.05. The van der Waals surface area contributed by atoms with E-state index >= 15 is 0 Å². The maximum Gasteiger partial charge on any atom is 0.261 e. The van der Waals surface area contributed by atoms with Gasteiger partial charge in [0, 0.05) is 17.1 Å². The molecule has 2 aromatic heterocycles. The maximum absolute atomic E-state index is 12.6. The van der Waals surface area contributed by atoms with Gasteiger partial charge in [0.05, 0.1) is 6.20 Å². The number of hydrogen-bond donors (Lipinski definition) is 1. The van der Waals surface area contributed by atoms with Gasteiger partial charge in [-0.3, -0.25) is 4.79 Å². The average Bonchev–Trinajstić information content (AvgIpc) is 2.98. The SMILES string of the molecule is CCCCc1ccc(NC(=O)c2cnn3c(C)cc(C)nc23)cc1. The van der Waals surface area contributed by atoms with E-state index in [1.54, 1.807) is 10.7 Å². The van der Waals surface area contributed by atoms with E-state index in [4.69, 9.17) is 0 Å². The molecule has 0 unspecified atom stereocenters. The summed E-state index contributed by atoms with van der Waals surface area (Å²) in [6.07, 6.45) is 5.00. The Labute approximate surface area is 141 Å². The van der Waals surface area contributed by atoms with Gasteiger partial charge in [0.1, 0.15) is 5.56 Å². The number of rotatable bonds is 5. The molecule has 0 saturated carbocycles. The number of hydrogen-bond acceptors (Lipinski definition) is 3. The molecule has 0 fully saturated rings. The molecule has 1 N–H and O–H groups in total. The van der Waals surface area contributed by atoms with Crippen LogP contribution in [-0.4, -0.2) is 20.5 Å². The van der Waals surface area contributed by atoms with Crippen LogP contribution in [0.1, 0.15) is 47.1 Å². The van der Waals surface area contributed by atoms with Crippen LogP contribution < -0.4 is 5.32 Å². The van der Waals surface area contributed by atoms with Gasteiger partial charge in [0.15, 0.2) is 5.65 Å². The van der Waals surface area contributed by atoms with Crippen LogP contribution in [0.2, 0.25) is 0 Å². The third kappa shape index (κ3) is 3.30. The normalized spacial score (nSPS) is 11.0. The van der Waals surface area contributed by atoms with E-state index in [1.165, 1.54) is 18.4 Å². The number of carbonyl (C=O) groups excluding carboxylic acids is 1. The number of unbranched alkanes of at least 4 members (excludes halogenated alkanes) is 1. The number of carbonyl (C=O) groups is 1. The molecule has 5 heteroatoms. The van der Waals surface area contributed by atoms with Crippen LogP contribution >= 0.6 is 0 Å². The van der Waals surface area contributed by atoms with Crippen molar-refractivity contribution in [3.05, 3.63) is 59.0 Å². The van der Waals surface area contributed by atoms with E-state index in [-0.39, 0.29) is 5.91 Å². The van der Waals surface area contributed by atoms with E-state index in [1.807, 2.05) is 32.0 Å². The molecule has 0 bridgehead atoms. The molecule has 124 valence electrons. The Balaban J connectivity index is 1.80. The van der Waals surface area contributed by atoms with Crippen molar-refractivity contribution in [3.63, 3.8) is 0 Å². The highest BCUT2D eigenvalue weighted by Crippen LogP contribution is 2.16. The number of amides is 1. The van der Waals surface area contributed by atoms with Crippen molar-refractivity contribution in [3.8, 4) is 0 Å². The summed E-state index contributed by atoms with van der Waals surface area (Å²) in [5, 5.41) is 7.19. The second-order valence-electron chi connectivity index (χ2n) is 6.09. The number of aryl methyl sites for hydroxylation is 3. The van der Waals surface area contributed by atoms with Crippen LogP contribution in [0, 0.1) is 13.8 Å². The van der Waals surface area contributed by atoms with Crippen LogP contribution in [0.4, 0.5) is 5.69 Å². The van der Waals surface area contributed by atoms with Gasteiger partial charge >= 0.3 is 0 Å². The molecule has 5 nitrogen and oxygen atoms in total. The molecule has 0 aliphatic carbocycles. The van der Waals surface area contributed by atoms with Gasteiger partial charge in [-0.1, -0.05) is 25.5 Å². The molecule has 0 atom stereocenters. The molecular formula is C19H22N4O. The smallest absolute Gasteiger partial charge is 0.261 e. The summed E-state index contributed by atoms with van der Waals surface area (Å²) in [4.78, 5) is 17.0. The summed E-state index contributed by atoms with van der Waals surface area (Å²) in [5.74, 6) is -0.191. The zero-order chi connectivity index (χ0) is 17.1. The molecule has 0 saturated heterocycles. The Morgan fingerprint density at radius 1 is 1.21 bits per heavy atom. The number of anilines is 1. The Hall–Kier alpha value is -2.69. The van der Waals surface area contributed by atoms with Gasteiger partial charge in [0.25, 0.3) is 5.91 Å². The third-order valence-corrected chi connectivity index (χ3v) is 4.05. The summed E-state index contributed by atoms with van der Waals surface area (Å²) in [5.41, 5.74) is 4.97. The fourth-order valence-electron chi connectivity index (χ4n) is 2.76. The Kier molecular flexibility index (Phi) is 4.60. The molecule has 0 spiro atoms. The van der Waals surface area contributed by atoms with Crippen LogP contribution in [0.15, 0.2) is 36.5 Å². The van der Waals surface area contributed by atoms with E-state index in [9.17, 15) is 4.79 Å². The summed E-state index contributed by atoms with van der Waals surface area (Å²) < 4.78 is 1.69. The zero-order valence-corrected chi connectivity index (χ0v) is 14.3. The minimum absolute atomic E-state index is 0.191. The molecule has 0 radical (unpaired) electrons. The Morgan fingerprint density at radius 2 is 1.96 bits per heavy atom. The fourth-order valence-corrected chi connectivity index (χ4v) is 2.76. The lowest BCUT2D eigenvalue weighted by molar-refractivity contribution is 0.102. The molecule has 1 aromatic carbocycles. The van der Waals surface area contributed by atoms with Crippen molar-refractivity contribution in [1.82, 2.24) is 14.6 Å². The molecule has 2 heterocycles. The highest BCUT2D eigenvalue weighted by molar-refractivity contribution is 6.08. The van der Waals surface area contributed by atoms with Crippen molar-refractivity contribution in [1.29, 1.82) is 0 Å². The summed E-state index contributed by atoms with van der Waals surface area (Å²) in [6, 6.07) is 9.95. The first kappa shape index (κ1) is 16.2. The lowest BCUT2D eigenvalue weighted by atomic mass is 10.1. The van der Waals surface area contributed by atoms with Gasteiger partial charge in [-0.15, -0.1) is 0 Å². The maximum atomic E-state index is 12.6. The van der Waals surface area contributed by atoms with Gasteiger partial charge in [-0.05, 0) is 50.5 Å². The monoisotopic (exact) mass is 322 g/mol. The molecule has 1 amide bonds. The minimum atomic E-state index is -0.191. The van der Waals surface area contributed by atoms with Crippen LogP contribution in [0.3, 0.4) is 0 Å². The topological polar surface area (TPSA) is 59.3 Å². The van der Waals surface area contributed by atoms with E-state index in [0.717, 1.165) is 23.5 Å². The zero-order valence-electron chi connectivity index (χ0n) is 14.3. The first-order chi connectivity index (χ1) is 11.6. The second kappa shape index (κ2) is 6.83. The van der Waals surface area contributed by atoms with Crippen molar-refractivity contribution in [2.24, 2.45) is 0 Å². The number of nitrogens with one attached hydrogen (secondary N) is 1. The predicted octanol–water partition coefficient (Wildman–Crippen LogP) is 3.94. The molecule has 0 aliphatic rings. The lowest BCUT2D eigenvalue weighted by Gasteiger charge is -2.06. The Morgan fingerprint density at radius 3 is 2.67 bits per heavy atom. The first-order valence-electron chi connectivity index (χ1n) is 8.30. The number of aromatic nitrogens is 3. The highest BCUT2D eigenvalue weighted by atomic mass is 16.1. The molecule has 3 aromatic rings. The first-order valence-corrected chi connectivity index (χ1v) is 8.30. The molecular weight excluding hydrogens is 300 g/mol. The molecule has 24 heavy (non-hydrogen) atoms. The summed E-state index contributed by atoms with van der Waals surface area (Å²) in [7, 11) is 0. The van der Waals surface area contributed by atoms with Crippen LogP contribution in [0.25, 0.3) is 5.65 Å². The Bertz CT molecular complexity index is 865. The van der Waals surface area contributed by atoms with Gasteiger partial charge in [-0.25, -0.2) is 9.50 Å². The van der Waals surface area contributed by atoms with Gasteiger partial charge < -0.3 is 5.32 Å². The van der Waals surface area contributed by atoms with Crippen LogP contribution in [0.5, 0.6) is 0 Å². The van der Waals surface area contributed by atoms with Gasteiger partial charge in [0.2, 0.25) is 0 Å². The van der Waals surface area contributed by atoms with Gasteiger partial charge in [-0.2, -0.15) is 5.10 Å². The van der Waals surface area contributed by atoms with Crippen molar-refractivity contribution in [2.45, 2.75) is 40.0 Å².